The minimum absolute atomic E-state index is 0.0271. The second-order valence-electron chi connectivity index (χ2n) is 9.86. The summed E-state index contributed by atoms with van der Waals surface area (Å²) in [6, 6.07) is 26.8. The van der Waals surface area contributed by atoms with Crippen molar-refractivity contribution in [3.05, 3.63) is 113 Å². The molecule has 6 nitrogen and oxygen atoms in total. The molecule has 3 aromatic rings. The van der Waals surface area contributed by atoms with Gasteiger partial charge in [0.15, 0.2) is 0 Å². The molecule has 1 aliphatic heterocycles. The first kappa shape index (κ1) is 26.0. The molecule has 1 N–H and O–H groups in total. The number of hydrogen-bond donors (Lipinski definition) is 1. The number of carbonyl (C=O) groups excluding carboxylic acids is 2. The minimum atomic E-state index is -0.490. The number of ether oxygens (including phenoxy) is 2. The van der Waals surface area contributed by atoms with Crippen LogP contribution < -0.4 is 10.1 Å². The van der Waals surface area contributed by atoms with Crippen LogP contribution in [0.25, 0.3) is 0 Å². The molecule has 0 aromatic heterocycles. The molecule has 1 fully saturated rings. The molecule has 1 saturated heterocycles. The highest BCUT2D eigenvalue weighted by Crippen LogP contribution is 2.35. The largest absolute Gasteiger partial charge is 0.497 e. The topological polar surface area (TPSA) is 67.9 Å². The van der Waals surface area contributed by atoms with Crippen LogP contribution in [0.1, 0.15) is 49.4 Å². The van der Waals surface area contributed by atoms with Crippen molar-refractivity contribution in [1.29, 1.82) is 0 Å². The van der Waals surface area contributed by atoms with E-state index >= 15 is 0 Å². The number of rotatable bonds is 9. The highest BCUT2D eigenvalue weighted by molar-refractivity contribution is 5.96. The van der Waals surface area contributed by atoms with Gasteiger partial charge >= 0.3 is 6.09 Å². The molecule has 0 aliphatic carbocycles. The third-order valence-corrected chi connectivity index (χ3v) is 6.68. The highest BCUT2D eigenvalue weighted by Gasteiger charge is 2.41. The van der Waals surface area contributed by atoms with E-state index in [1.165, 1.54) is 0 Å². The molecule has 1 atom stereocenters. The zero-order valence-electron chi connectivity index (χ0n) is 21.6. The van der Waals surface area contributed by atoms with Crippen LogP contribution in [-0.2, 0) is 22.7 Å². The summed E-state index contributed by atoms with van der Waals surface area (Å²) >= 11 is 0. The fourth-order valence-electron chi connectivity index (χ4n) is 4.58. The van der Waals surface area contributed by atoms with Gasteiger partial charge in [0.1, 0.15) is 12.4 Å². The van der Waals surface area contributed by atoms with Gasteiger partial charge in [-0.25, -0.2) is 4.79 Å². The lowest BCUT2D eigenvalue weighted by molar-refractivity contribution is -0.128. The fourth-order valence-corrected chi connectivity index (χ4v) is 4.58. The summed E-state index contributed by atoms with van der Waals surface area (Å²) in [5, 5.41) is 2.98. The van der Waals surface area contributed by atoms with Crippen LogP contribution >= 0.6 is 0 Å². The number of nitrogens with zero attached hydrogens (tertiary/aromatic N) is 1. The van der Waals surface area contributed by atoms with Gasteiger partial charge in [-0.05, 0) is 49.1 Å². The summed E-state index contributed by atoms with van der Waals surface area (Å²) in [7, 11) is 1.64. The Morgan fingerprint density at radius 3 is 2.27 bits per heavy atom. The van der Waals surface area contributed by atoms with E-state index in [9.17, 15) is 9.59 Å². The molecule has 0 radical (unpaired) electrons. The maximum Gasteiger partial charge on any atom is 0.407 e. The Labute approximate surface area is 218 Å². The predicted octanol–water partition coefficient (Wildman–Crippen LogP) is 6.19. The van der Waals surface area contributed by atoms with Crippen LogP contribution in [0.2, 0.25) is 0 Å². The second-order valence-corrected chi connectivity index (χ2v) is 9.86. The minimum Gasteiger partial charge on any atom is -0.497 e. The van der Waals surface area contributed by atoms with E-state index in [0.717, 1.165) is 28.0 Å². The highest BCUT2D eigenvalue weighted by atomic mass is 16.5. The number of amides is 2. The summed E-state index contributed by atoms with van der Waals surface area (Å²) in [6.07, 6.45) is 2.60. The molecule has 37 heavy (non-hydrogen) atoms. The number of hydrogen-bond acceptors (Lipinski definition) is 4. The van der Waals surface area contributed by atoms with Crippen molar-refractivity contribution in [3.63, 3.8) is 0 Å². The smallest absolute Gasteiger partial charge is 0.407 e. The van der Waals surface area contributed by atoms with Crippen molar-refractivity contribution in [3.8, 4) is 5.75 Å². The lowest BCUT2D eigenvalue weighted by Gasteiger charge is -2.31. The Kier molecular flexibility index (Phi) is 8.29. The van der Waals surface area contributed by atoms with E-state index < -0.39 is 6.09 Å². The van der Waals surface area contributed by atoms with E-state index in [1.54, 1.807) is 7.11 Å². The van der Waals surface area contributed by atoms with Gasteiger partial charge in [-0.2, -0.15) is 0 Å². The van der Waals surface area contributed by atoms with Gasteiger partial charge < -0.3 is 19.7 Å². The Hall–Kier alpha value is -4.06. The number of methoxy groups -OCH3 is 1. The third kappa shape index (κ3) is 6.79. The van der Waals surface area contributed by atoms with Crippen molar-refractivity contribution >= 4 is 12.0 Å². The number of alkyl carbamates (subject to hydrolysis) is 1. The van der Waals surface area contributed by atoms with E-state index in [2.05, 4.69) is 19.2 Å². The lowest BCUT2D eigenvalue weighted by Crippen LogP contribution is -2.40. The first-order valence-corrected chi connectivity index (χ1v) is 12.5. The molecule has 6 heteroatoms. The summed E-state index contributed by atoms with van der Waals surface area (Å²) in [6.45, 7) is 4.90. The van der Waals surface area contributed by atoms with E-state index in [4.69, 9.17) is 9.47 Å². The van der Waals surface area contributed by atoms with Crippen molar-refractivity contribution < 1.29 is 19.1 Å². The van der Waals surface area contributed by atoms with Crippen LogP contribution in [0.4, 0.5) is 4.79 Å². The fraction of sp³-hybridized carbons (Fsp3) is 0.290. The van der Waals surface area contributed by atoms with Gasteiger partial charge in [0.2, 0.25) is 5.91 Å². The number of carbonyl (C=O) groups is 2. The molecule has 192 valence electrons. The van der Waals surface area contributed by atoms with Gasteiger partial charge in [-0.1, -0.05) is 78.9 Å². The molecule has 1 heterocycles. The number of nitrogens with one attached hydrogen (secondary N) is 1. The monoisotopic (exact) mass is 498 g/mol. The Bertz CT molecular complexity index is 1220. The van der Waals surface area contributed by atoms with Crippen LogP contribution in [0.5, 0.6) is 5.75 Å². The Balaban J connectivity index is 1.45. The van der Waals surface area contributed by atoms with E-state index in [0.29, 0.717) is 19.4 Å². The molecule has 2 amide bonds. The predicted molar refractivity (Wildman–Crippen MR) is 144 cm³/mol. The van der Waals surface area contributed by atoms with Crippen molar-refractivity contribution in [2.45, 2.75) is 51.4 Å². The summed E-state index contributed by atoms with van der Waals surface area (Å²) < 4.78 is 10.7. The van der Waals surface area contributed by atoms with Gasteiger partial charge in [0.05, 0.1) is 13.2 Å². The zero-order valence-corrected chi connectivity index (χ0v) is 21.6. The van der Waals surface area contributed by atoms with Gasteiger partial charge in [0.25, 0.3) is 0 Å². The standard InChI is InChI=1S/C31H34N2O4/c1-31(2)20-26(29(34)33(31)21-23-14-17-27(36-3)18-15-23)16-19-28(25-12-8-5-9-13-25)32-30(35)37-22-24-10-6-4-7-11-24/h4-18,28H,19-22H2,1-3H3,(H,32,35)/b26-16-. The van der Waals surface area contributed by atoms with Crippen molar-refractivity contribution in [1.82, 2.24) is 10.2 Å². The van der Waals surface area contributed by atoms with E-state index in [-0.39, 0.29) is 24.1 Å². The molecule has 1 aliphatic rings. The SMILES string of the molecule is COc1ccc(CN2C(=O)/C(=C\CC(NC(=O)OCc3ccccc3)c3ccccc3)CC2(C)C)cc1. The molecule has 0 spiro atoms. The van der Waals surface area contributed by atoms with Crippen molar-refractivity contribution in [2.24, 2.45) is 0 Å². The average Bonchev–Trinajstić information content (AvgIpc) is 3.14. The van der Waals surface area contributed by atoms with Gasteiger partial charge in [0, 0.05) is 24.1 Å². The number of benzene rings is 3. The number of likely N-dealkylation sites (tertiary alicyclic amines) is 1. The normalized spacial score (nSPS) is 16.5. The second kappa shape index (κ2) is 11.8. The maximum atomic E-state index is 13.4. The third-order valence-electron chi connectivity index (χ3n) is 6.68. The summed E-state index contributed by atoms with van der Waals surface area (Å²) in [5.74, 6) is 0.817. The average molecular weight is 499 g/mol. The van der Waals surface area contributed by atoms with Gasteiger partial charge in [-0.3, -0.25) is 4.79 Å². The zero-order chi connectivity index (χ0) is 26.3. The van der Waals surface area contributed by atoms with Crippen LogP contribution in [0.3, 0.4) is 0 Å². The molecular formula is C31H34N2O4. The first-order chi connectivity index (χ1) is 17.9. The Morgan fingerprint density at radius 2 is 1.62 bits per heavy atom. The molecule has 4 rings (SSSR count). The lowest BCUT2D eigenvalue weighted by atomic mass is 9.97. The quantitative estimate of drug-likeness (QED) is 0.357. The summed E-state index contributed by atoms with van der Waals surface area (Å²) in [5.41, 5.74) is 3.38. The van der Waals surface area contributed by atoms with Crippen LogP contribution in [0.15, 0.2) is 96.6 Å². The van der Waals surface area contributed by atoms with E-state index in [1.807, 2.05) is 95.9 Å². The molecule has 0 bridgehead atoms. The molecular weight excluding hydrogens is 464 g/mol. The molecule has 1 unspecified atom stereocenters. The maximum absolute atomic E-state index is 13.4. The summed E-state index contributed by atoms with van der Waals surface area (Å²) in [4.78, 5) is 27.9. The van der Waals surface area contributed by atoms with Crippen LogP contribution in [0, 0.1) is 0 Å². The first-order valence-electron chi connectivity index (χ1n) is 12.5. The van der Waals surface area contributed by atoms with Crippen LogP contribution in [-0.4, -0.2) is 29.5 Å². The molecule has 0 saturated carbocycles. The van der Waals surface area contributed by atoms with Crippen molar-refractivity contribution in [2.75, 3.05) is 7.11 Å². The Morgan fingerprint density at radius 1 is 0.973 bits per heavy atom. The van der Waals surface area contributed by atoms with Gasteiger partial charge in [-0.15, -0.1) is 0 Å². The molecule has 3 aromatic carbocycles.